The minimum absolute atomic E-state index is 0.173. The lowest BCUT2D eigenvalue weighted by Gasteiger charge is -2.01. The summed E-state index contributed by atoms with van der Waals surface area (Å²) in [5, 5.41) is 0. The van der Waals surface area contributed by atoms with Gasteiger partial charge in [-0.05, 0) is 53.4 Å². The van der Waals surface area contributed by atoms with Gasteiger partial charge in [0.1, 0.15) is 0 Å². The Hall–Kier alpha value is -1.31. The average molecular weight is 264 g/mol. The van der Waals surface area contributed by atoms with Crippen molar-refractivity contribution in [1.82, 2.24) is 0 Å². The van der Waals surface area contributed by atoms with Crippen molar-refractivity contribution in [2.24, 2.45) is 0 Å². The number of ether oxygens (including phenoxy) is 1. The van der Waals surface area contributed by atoms with E-state index in [-0.39, 0.29) is 5.97 Å². The molecule has 19 heavy (non-hydrogen) atoms. The molecule has 0 heterocycles. The third-order valence-corrected chi connectivity index (χ3v) is 2.97. The predicted octanol–water partition coefficient (Wildman–Crippen LogP) is 4.97. The second kappa shape index (κ2) is 10.6. The predicted molar refractivity (Wildman–Crippen MR) is 82.0 cm³/mol. The molecule has 0 atom stereocenters. The number of carbonyl (C=O) groups is 1. The Bertz CT molecular complexity index is 355. The molecule has 0 bridgehead atoms. The molecule has 0 aromatic rings. The Labute approximate surface area is 118 Å². The summed E-state index contributed by atoms with van der Waals surface area (Å²) in [6.07, 6.45) is 11.2. The van der Waals surface area contributed by atoms with E-state index in [4.69, 9.17) is 0 Å². The molecule has 0 spiro atoms. The topological polar surface area (TPSA) is 26.3 Å². The van der Waals surface area contributed by atoms with Crippen molar-refractivity contribution in [1.29, 1.82) is 0 Å². The van der Waals surface area contributed by atoms with E-state index < -0.39 is 0 Å². The zero-order valence-corrected chi connectivity index (χ0v) is 13.1. The van der Waals surface area contributed by atoms with Crippen LogP contribution in [-0.4, -0.2) is 13.1 Å². The Morgan fingerprint density at radius 3 is 1.95 bits per heavy atom. The summed E-state index contributed by atoms with van der Waals surface area (Å²) in [6.45, 7) is 8.52. The van der Waals surface area contributed by atoms with Crippen LogP contribution in [0, 0.1) is 0 Å². The summed E-state index contributed by atoms with van der Waals surface area (Å²) in [5.74, 6) is -0.173. The van der Waals surface area contributed by atoms with E-state index in [1.807, 2.05) is 6.08 Å². The quantitative estimate of drug-likeness (QED) is 0.457. The molecule has 2 nitrogen and oxygen atoms in total. The van der Waals surface area contributed by atoms with E-state index in [0.717, 1.165) is 25.7 Å². The molecule has 108 valence electrons. The summed E-state index contributed by atoms with van der Waals surface area (Å²) < 4.78 is 4.61. The van der Waals surface area contributed by atoms with Gasteiger partial charge in [0.2, 0.25) is 0 Å². The third kappa shape index (κ3) is 11.5. The van der Waals surface area contributed by atoms with Crippen molar-refractivity contribution in [2.75, 3.05) is 7.11 Å². The molecule has 0 N–H and O–H groups in total. The molecule has 0 aliphatic heterocycles. The number of allylic oxidation sites excluding steroid dienone is 5. The number of carbonyl (C=O) groups excluding carboxylic acids is 1. The number of hydrogen-bond donors (Lipinski definition) is 0. The van der Waals surface area contributed by atoms with Crippen molar-refractivity contribution < 1.29 is 9.53 Å². The maximum Gasteiger partial charge on any atom is 0.309 e. The summed E-state index contributed by atoms with van der Waals surface area (Å²) in [6, 6.07) is 0. The molecule has 0 aromatic heterocycles. The fourth-order valence-electron chi connectivity index (χ4n) is 1.68. The van der Waals surface area contributed by atoms with Gasteiger partial charge in [0, 0.05) is 0 Å². The van der Waals surface area contributed by atoms with E-state index >= 15 is 0 Å². The second-order valence-corrected chi connectivity index (χ2v) is 5.24. The molecule has 0 amide bonds. The molecule has 0 unspecified atom stereocenters. The van der Waals surface area contributed by atoms with Crippen molar-refractivity contribution in [3.8, 4) is 0 Å². The van der Waals surface area contributed by atoms with E-state index in [9.17, 15) is 4.79 Å². The molecule has 0 saturated heterocycles. The van der Waals surface area contributed by atoms with Gasteiger partial charge >= 0.3 is 5.97 Å². The van der Waals surface area contributed by atoms with Crippen LogP contribution in [0.3, 0.4) is 0 Å². The molecule has 0 radical (unpaired) electrons. The molecular weight excluding hydrogens is 236 g/mol. The lowest BCUT2D eigenvalue weighted by atomic mass is 10.1. The number of esters is 1. The average Bonchev–Trinajstić information content (AvgIpc) is 2.35. The SMILES string of the molecule is COC(=O)CC=C(C)CCC=C(C)CCC=C(C)C. The van der Waals surface area contributed by atoms with Crippen molar-refractivity contribution in [3.63, 3.8) is 0 Å². The molecule has 0 aromatic carbocycles. The van der Waals surface area contributed by atoms with Crippen LogP contribution in [0.15, 0.2) is 34.9 Å². The van der Waals surface area contributed by atoms with Gasteiger partial charge in [-0.3, -0.25) is 4.79 Å². The van der Waals surface area contributed by atoms with E-state index in [1.54, 1.807) is 0 Å². The molecule has 0 fully saturated rings. The summed E-state index contributed by atoms with van der Waals surface area (Å²) in [4.78, 5) is 11.0. The fourth-order valence-corrected chi connectivity index (χ4v) is 1.68. The smallest absolute Gasteiger partial charge is 0.309 e. The van der Waals surface area contributed by atoms with Crippen LogP contribution in [0.5, 0.6) is 0 Å². The summed E-state index contributed by atoms with van der Waals surface area (Å²) >= 11 is 0. The zero-order valence-electron chi connectivity index (χ0n) is 13.1. The molecule has 2 heteroatoms. The Kier molecular flexibility index (Phi) is 9.87. The van der Waals surface area contributed by atoms with Crippen LogP contribution in [-0.2, 0) is 9.53 Å². The normalized spacial score (nSPS) is 12.3. The Morgan fingerprint density at radius 2 is 1.42 bits per heavy atom. The maximum absolute atomic E-state index is 11.0. The largest absolute Gasteiger partial charge is 0.469 e. The second-order valence-electron chi connectivity index (χ2n) is 5.24. The summed E-state index contributed by atoms with van der Waals surface area (Å²) in [7, 11) is 1.42. The highest BCUT2D eigenvalue weighted by Crippen LogP contribution is 2.11. The maximum atomic E-state index is 11.0. The molecule has 0 aliphatic carbocycles. The Balaban J connectivity index is 3.93. The number of hydrogen-bond acceptors (Lipinski definition) is 2. The van der Waals surface area contributed by atoms with Crippen LogP contribution < -0.4 is 0 Å². The lowest BCUT2D eigenvalue weighted by Crippen LogP contribution is -1.97. The molecular formula is C17H28O2. The van der Waals surface area contributed by atoms with Crippen LogP contribution in [0.25, 0.3) is 0 Å². The first-order chi connectivity index (χ1) is 8.95. The minimum Gasteiger partial charge on any atom is -0.469 e. The highest BCUT2D eigenvalue weighted by atomic mass is 16.5. The first-order valence-corrected chi connectivity index (χ1v) is 6.97. The monoisotopic (exact) mass is 264 g/mol. The highest BCUT2D eigenvalue weighted by molar-refractivity contribution is 5.71. The third-order valence-electron chi connectivity index (χ3n) is 2.97. The van der Waals surface area contributed by atoms with Crippen LogP contribution in [0.4, 0.5) is 0 Å². The van der Waals surface area contributed by atoms with Gasteiger partial charge in [-0.25, -0.2) is 0 Å². The van der Waals surface area contributed by atoms with E-state index in [1.165, 1.54) is 23.8 Å². The summed E-state index contributed by atoms with van der Waals surface area (Å²) in [5.41, 5.74) is 4.08. The minimum atomic E-state index is -0.173. The zero-order chi connectivity index (χ0) is 14.7. The van der Waals surface area contributed by atoms with E-state index in [0.29, 0.717) is 6.42 Å². The molecule has 0 aliphatic rings. The van der Waals surface area contributed by atoms with Crippen LogP contribution >= 0.6 is 0 Å². The van der Waals surface area contributed by atoms with Gasteiger partial charge in [0.25, 0.3) is 0 Å². The van der Waals surface area contributed by atoms with Crippen molar-refractivity contribution in [2.45, 2.75) is 59.8 Å². The molecule has 0 saturated carbocycles. The van der Waals surface area contributed by atoms with E-state index in [2.05, 4.69) is 44.6 Å². The molecule has 0 rings (SSSR count). The van der Waals surface area contributed by atoms with Gasteiger partial charge < -0.3 is 4.74 Å². The van der Waals surface area contributed by atoms with Crippen molar-refractivity contribution >= 4 is 5.97 Å². The first kappa shape index (κ1) is 17.7. The van der Waals surface area contributed by atoms with Crippen LogP contribution in [0.1, 0.15) is 59.8 Å². The van der Waals surface area contributed by atoms with Gasteiger partial charge in [-0.2, -0.15) is 0 Å². The van der Waals surface area contributed by atoms with Crippen molar-refractivity contribution in [3.05, 3.63) is 34.9 Å². The van der Waals surface area contributed by atoms with Gasteiger partial charge in [-0.1, -0.05) is 34.9 Å². The number of rotatable bonds is 8. The fraction of sp³-hybridized carbons (Fsp3) is 0.588. The van der Waals surface area contributed by atoms with Gasteiger partial charge in [0.05, 0.1) is 13.5 Å². The lowest BCUT2D eigenvalue weighted by molar-refractivity contribution is -0.139. The highest BCUT2D eigenvalue weighted by Gasteiger charge is 1.97. The standard InChI is InChI=1S/C17H28O2/c1-14(2)8-6-9-15(3)10-7-11-16(4)12-13-17(18)19-5/h8,10,12H,6-7,9,11,13H2,1-5H3. The first-order valence-electron chi connectivity index (χ1n) is 6.97. The van der Waals surface area contributed by atoms with Crippen LogP contribution in [0.2, 0.25) is 0 Å². The number of methoxy groups -OCH3 is 1. The Morgan fingerprint density at radius 1 is 0.895 bits per heavy atom. The van der Waals surface area contributed by atoms with Gasteiger partial charge in [0.15, 0.2) is 0 Å². The van der Waals surface area contributed by atoms with Gasteiger partial charge in [-0.15, -0.1) is 0 Å².